The lowest BCUT2D eigenvalue weighted by molar-refractivity contribution is 1.22. The van der Waals surface area contributed by atoms with E-state index in [9.17, 15) is 0 Å². The molecule has 3 rings (SSSR count). The molecule has 3 aromatic rings. The molecular formula is C15H15N3S. The molecule has 0 fully saturated rings. The lowest BCUT2D eigenvalue weighted by Crippen LogP contribution is -1.97. The molecule has 0 saturated heterocycles. The van der Waals surface area contributed by atoms with Crippen molar-refractivity contribution in [3.63, 3.8) is 0 Å². The molecule has 96 valence electrons. The number of thiophene rings is 1. The third-order valence-corrected chi connectivity index (χ3v) is 4.27. The van der Waals surface area contributed by atoms with Crippen LogP contribution in [-0.4, -0.2) is 9.97 Å². The van der Waals surface area contributed by atoms with E-state index in [1.807, 2.05) is 0 Å². The second kappa shape index (κ2) is 4.63. The minimum Gasteiger partial charge on any atom is -0.339 e. The molecule has 0 aliphatic rings. The summed E-state index contributed by atoms with van der Waals surface area (Å²) in [5.41, 5.74) is 3.63. The third-order valence-electron chi connectivity index (χ3n) is 3.31. The molecule has 0 spiro atoms. The summed E-state index contributed by atoms with van der Waals surface area (Å²) in [6.07, 6.45) is 1.62. The molecule has 2 heterocycles. The molecule has 0 atom stereocenters. The van der Waals surface area contributed by atoms with Crippen LogP contribution in [0.1, 0.15) is 16.0 Å². The van der Waals surface area contributed by atoms with Crippen LogP contribution in [-0.2, 0) is 0 Å². The molecule has 0 bridgehead atoms. The number of hydrogen-bond acceptors (Lipinski definition) is 4. The zero-order valence-electron chi connectivity index (χ0n) is 11.2. The first-order valence-corrected chi connectivity index (χ1v) is 7.01. The van der Waals surface area contributed by atoms with Gasteiger partial charge in [-0.1, -0.05) is 12.1 Å². The topological polar surface area (TPSA) is 37.8 Å². The maximum absolute atomic E-state index is 4.37. The molecule has 1 N–H and O–H groups in total. The van der Waals surface area contributed by atoms with E-state index in [2.05, 4.69) is 60.3 Å². The average Bonchev–Trinajstić information content (AvgIpc) is 2.76. The van der Waals surface area contributed by atoms with Crippen molar-refractivity contribution in [3.8, 4) is 0 Å². The normalized spacial score (nSPS) is 10.9. The number of nitrogens with one attached hydrogen (secondary N) is 1. The Morgan fingerprint density at radius 3 is 2.79 bits per heavy atom. The van der Waals surface area contributed by atoms with Gasteiger partial charge in [-0.25, -0.2) is 9.97 Å². The first-order valence-electron chi connectivity index (χ1n) is 6.19. The Hall–Kier alpha value is -1.94. The van der Waals surface area contributed by atoms with Crippen molar-refractivity contribution in [1.82, 2.24) is 9.97 Å². The molecule has 0 amide bonds. The average molecular weight is 269 g/mol. The van der Waals surface area contributed by atoms with E-state index in [1.165, 1.54) is 16.0 Å². The lowest BCUT2D eigenvalue weighted by atomic mass is 10.1. The van der Waals surface area contributed by atoms with E-state index in [4.69, 9.17) is 0 Å². The summed E-state index contributed by atoms with van der Waals surface area (Å²) in [6, 6.07) is 8.38. The molecule has 0 saturated carbocycles. The Kier molecular flexibility index (Phi) is 2.95. The van der Waals surface area contributed by atoms with Gasteiger partial charge in [-0.3, -0.25) is 0 Å². The van der Waals surface area contributed by atoms with Crippen LogP contribution < -0.4 is 5.32 Å². The standard InChI is InChI=1S/C15H15N3S/c1-9-5-4-6-13(11(9)3)18-14-12-7-10(2)19-15(12)17-8-16-14/h4-8H,1-3H3,(H,16,17,18). The van der Waals surface area contributed by atoms with Crippen LogP contribution in [0.3, 0.4) is 0 Å². The number of fused-ring (bicyclic) bond motifs is 1. The van der Waals surface area contributed by atoms with Crippen LogP contribution >= 0.6 is 11.3 Å². The summed E-state index contributed by atoms with van der Waals surface area (Å²) >= 11 is 1.69. The highest BCUT2D eigenvalue weighted by Crippen LogP contribution is 2.30. The second-order valence-electron chi connectivity index (χ2n) is 4.67. The van der Waals surface area contributed by atoms with Crippen molar-refractivity contribution >= 4 is 33.1 Å². The number of aromatic nitrogens is 2. The Balaban J connectivity index is 2.08. The van der Waals surface area contributed by atoms with Gasteiger partial charge in [0.1, 0.15) is 17.0 Å². The van der Waals surface area contributed by atoms with Crippen molar-refractivity contribution in [2.45, 2.75) is 20.8 Å². The van der Waals surface area contributed by atoms with Gasteiger partial charge in [-0.05, 0) is 44.0 Å². The van der Waals surface area contributed by atoms with Crippen LogP contribution in [0, 0.1) is 20.8 Å². The van der Waals surface area contributed by atoms with E-state index in [0.717, 1.165) is 21.7 Å². The van der Waals surface area contributed by atoms with E-state index < -0.39 is 0 Å². The number of aryl methyl sites for hydroxylation is 2. The molecule has 1 aromatic carbocycles. The summed E-state index contributed by atoms with van der Waals surface area (Å²) in [6.45, 7) is 6.33. The number of nitrogens with zero attached hydrogens (tertiary/aromatic N) is 2. The van der Waals surface area contributed by atoms with Crippen molar-refractivity contribution in [3.05, 3.63) is 46.6 Å². The number of benzene rings is 1. The zero-order chi connectivity index (χ0) is 13.4. The number of rotatable bonds is 2. The molecule has 0 aliphatic carbocycles. The van der Waals surface area contributed by atoms with Gasteiger partial charge in [0.15, 0.2) is 0 Å². The van der Waals surface area contributed by atoms with Gasteiger partial charge in [-0.2, -0.15) is 0 Å². The summed E-state index contributed by atoms with van der Waals surface area (Å²) < 4.78 is 0. The second-order valence-corrected chi connectivity index (χ2v) is 5.91. The SMILES string of the molecule is Cc1cc2c(Nc3cccc(C)c3C)ncnc2s1. The van der Waals surface area contributed by atoms with Gasteiger partial charge < -0.3 is 5.32 Å². The quantitative estimate of drug-likeness (QED) is 0.751. The molecule has 4 heteroatoms. The minimum absolute atomic E-state index is 0.878. The first kappa shape index (κ1) is 12.1. The van der Waals surface area contributed by atoms with Crippen molar-refractivity contribution in [2.24, 2.45) is 0 Å². The van der Waals surface area contributed by atoms with Crippen LogP contribution in [0.4, 0.5) is 11.5 Å². The predicted octanol–water partition coefficient (Wildman–Crippen LogP) is 4.36. The van der Waals surface area contributed by atoms with Crippen molar-refractivity contribution in [1.29, 1.82) is 0 Å². The number of anilines is 2. The maximum atomic E-state index is 4.37. The molecule has 2 aromatic heterocycles. The van der Waals surface area contributed by atoms with Crippen LogP contribution in [0.2, 0.25) is 0 Å². The highest BCUT2D eigenvalue weighted by molar-refractivity contribution is 7.18. The minimum atomic E-state index is 0.878. The van der Waals surface area contributed by atoms with E-state index in [-0.39, 0.29) is 0 Å². The first-order chi connectivity index (χ1) is 9.15. The molecule has 0 radical (unpaired) electrons. The van der Waals surface area contributed by atoms with E-state index in [1.54, 1.807) is 17.7 Å². The molecule has 0 unspecified atom stereocenters. The summed E-state index contributed by atoms with van der Waals surface area (Å²) in [5, 5.41) is 4.51. The third kappa shape index (κ3) is 2.19. The highest BCUT2D eigenvalue weighted by atomic mass is 32.1. The van der Waals surface area contributed by atoms with E-state index >= 15 is 0 Å². The van der Waals surface area contributed by atoms with Gasteiger partial charge in [-0.15, -0.1) is 11.3 Å². The highest BCUT2D eigenvalue weighted by Gasteiger charge is 2.08. The molecule has 0 aliphatic heterocycles. The van der Waals surface area contributed by atoms with Crippen LogP contribution in [0.25, 0.3) is 10.2 Å². The fourth-order valence-electron chi connectivity index (χ4n) is 2.09. The van der Waals surface area contributed by atoms with Gasteiger partial charge in [0.2, 0.25) is 0 Å². The summed E-state index contributed by atoms with van der Waals surface area (Å²) in [4.78, 5) is 11.0. The Morgan fingerprint density at radius 2 is 1.95 bits per heavy atom. The van der Waals surface area contributed by atoms with Gasteiger partial charge in [0.25, 0.3) is 0 Å². The van der Waals surface area contributed by atoms with Crippen molar-refractivity contribution in [2.75, 3.05) is 5.32 Å². The zero-order valence-corrected chi connectivity index (χ0v) is 12.0. The molecule has 3 nitrogen and oxygen atoms in total. The largest absolute Gasteiger partial charge is 0.339 e. The Morgan fingerprint density at radius 1 is 1.11 bits per heavy atom. The number of hydrogen-bond donors (Lipinski definition) is 1. The maximum Gasteiger partial charge on any atom is 0.142 e. The smallest absolute Gasteiger partial charge is 0.142 e. The Labute approximate surface area is 116 Å². The van der Waals surface area contributed by atoms with Gasteiger partial charge in [0, 0.05) is 10.6 Å². The lowest BCUT2D eigenvalue weighted by Gasteiger charge is -2.11. The fourth-order valence-corrected chi connectivity index (χ4v) is 2.94. The fraction of sp³-hybridized carbons (Fsp3) is 0.200. The van der Waals surface area contributed by atoms with Gasteiger partial charge >= 0.3 is 0 Å². The van der Waals surface area contributed by atoms with Crippen molar-refractivity contribution < 1.29 is 0 Å². The van der Waals surface area contributed by atoms with E-state index in [0.29, 0.717) is 0 Å². The van der Waals surface area contributed by atoms with Crippen LogP contribution in [0.15, 0.2) is 30.6 Å². The molecular weight excluding hydrogens is 254 g/mol. The monoisotopic (exact) mass is 269 g/mol. The van der Waals surface area contributed by atoms with Crippen LogP contribution in [0.5, 0.6) is 0 Å². The summed E-state index contributed by atoms with van der Waals surface area (Å²) in [5.74, 6) is 0.878. The van der Waals surface area contributed by atoms with Gasteiger partial charge in [0.05, 0.1) is 5.39 Å². The predicted molar refractivity (Wildman–Crippen MR) is 81.4 cm³/mol. The molecule has 19 heavy (non-hydrogen) atoms. The Bertz CT molecular complexity index is 746. The summed E-state index contributed by atoms with van der Waals surface area (Å²) in [7, 11) is 0.